The summed E-state index contributed by atoms with van der Waals surface area (Å²) in [5.41, 5.74) is 6.31. The first-order valence-corrected chi connectivity index (χ1v) is 8.17. The molecule has 0 bridgehead atoms. The zero-order valence-electron chi connectivity index (χ0n) is 14.7. The maximum absolute atomic E-state index is 13.1. The van der Waals surface area contributed by atoms with Gasteiger partial charge in [0.25, 0.3) is 0 Å². The highest BCUT2D eigenvalue weighted by molar-refractivity contribution is 5.56. The molecular weight excluding hydrogens is 409 g/mol. The molecule has 160 valence electrons. The van der Waals surface area contributed by atoms with Gasteiger partial charge in [-0.25, -0.2) is 0 Å². The maximum Gasteiger partial charge on any atom is 0.461 e. The number of benzene rings is 2. The molecule has 0 heterocycles. The van der Waals surface area contributed by atoms with E-state index in [2.05, 4.69) is 4.74 Å². The lowest BCUT2D eigenvalue weighted by atomic mass is 10.1. The summed E-state index contributed by atoms with van der Waals surface area (Å²) in [6.45, 7) is -1.14. The summed E-state index contributed by atoms with van der Waals surface area (Å²) >= 11 is 0. The SMILES string of the molecule is Nc1cccc(N(Cc2cccc(OC(F)(F)C(F)F)c2)CC(O)C(F)(F)F)c1. The Morgan fingerprint density at radius 3 is 2.24 bits per heavy atom. The molecule has 2 rings (SSSR count). The molecule has 0 saturated carbocycles. The van der Waals surface area contributed by atoms with Gasteiger partial charge in [0.15, 0.2) is 6.10 Å². The Kier molecular flexibility index (Phi) is 6.83. The maximum atomic E-state index is 13.1. The molecule has 0 aliphatic carbocycles. The average molecular weight is 426 g/mol. The van der Waals surface area contributed by atoms with Crippen molar-refractivity contribution in [1.29, 1.82) is 0 Å². The van der Waals surface area contributed by atoms with Gasteiger partial charge in [0.05, 0.1) is 6.54 Å². The largest absolute Gasteiger partial charge is 0.461 e. The van der Waals surface area contributed by atoms with E-state index >= 15 is 0 Å². The Hall–Kier alpha value is -2.69. The molecular formula is C18H17F7N2O2. The second kappa shape index (κ2) is 8.76. The van der Waals surface area contributed by atoms with Crippen LogP contribution in [0.4, 0.5) is 42.1 Å². The van der Waals surface area contributed by atoms with Gasteiger partial charge in [-0.05, 0) is 35.9 Å². The van der Waals surface area contributed by atoms with Gasteiger partial charge >= 0.3 is 18.7 Å². The number of nitrogens with zero attached hydrogens (tertiary/aromatic N) is 1. The van der Waals surface area contributed by atoms with Crippen LogP contribution in [0.25, 0.3) is 0 Å². The van der Waals surface area contributed by atoms with E-state index < -0.39 is 37.1 Å². The van der Waals surface area contributed by atoms with Gasteiger partial charge in [-0.15, -0.1) is 0 Å². The predicted molar refractivity (Wildman–Crippen MR) is 92.0 cm³/mol. The van der Waals surface area contributed by atoms with Crippen LogP contribution in [0, 0.1) is 0 Å². The summed E-state index contributed by atoms with van der Waals surface area (Å²) in [5, 5.41) is 9.43. The van der Waals surface area contributed by atoms with E-state index in [9.17, 15) is 35.8 Å². The molecule has 0 aliphatic heterocycles. The molecule has 0 amide bonds. The number of ether oxygens (including phenoxy) is 1. The third kappa shape index (κ3) is 6.41. The van der Waals surface area contributed by atoms with Crippen LogP contribution < -0.4 is 15.4 Å². The zero-order valence-corrected chi connectivity index (χ0v) is 14.7. The van der Waals surface area contributed by atoms with Crippen molar-refractivity contribution in [2.45, 2.75) is 31.4 Å². The molecule has 2 aromatic carbocycles. The molecule has 2 aromatic rings. The Morgan fingerprint density at radius 2 is 1.66 bits per heavy atom. The molecule has 0 saturated heterocycles. The molecule has 3 N–H and O–H groups in total. The standard InChI is InChI=1S/C18H17F7N2O2/c19-16(20)18(24,25)29-14-6-1-3-11(7-14)9-27(10-15(28)17(21,22)23)13-5-2-4-12(26)8-13/h1-8,15-16,28H,9-10,26H2. The summed E-state index contributed by atoms with van der Waals surface area (Å²) in [4.78, 5) is 1.12. The highest BCUT2D eigenvalue weighted by atomic mass is 19.4. The van der Waals surface area contributed by atoms with Crippen molar-refractivity contribution in [3.8, 4) is 5.75 Å². The Bertz CT molecular complexity index is 815. The molecule has 11 heteroatoms. The van der Waals surface area contributed by atoms with Crippen LogP contribution in [0.15, 0.2) is 48.5 Å². The van der Waals surface area contributed by atoms with Crippen LogP contribution in [0.1, 0.15) is 5.56 Å². The van der Waals surface area contributed by atoms with Crippen LogP contribution in [-0.2, 0) is 6.54 Å². The number of nitrogen functional groups attached to an aromatic ring is 1. The normalized spacial score (nSPS) is 13.4. The first-order chi connectivity index (χ1) is 13.4. The molecule has 4 nitrogen and oxygen atoms in total. The Labute approximate surface area is 161 Å². The first-order valence-electron chi connectivity index (χ1n) is 8.17. The van der Waals surface area contributed by atoms with E-state index in [0.29, 0.717) is 0 Å². The van der Waals surface area contributed by atoms with Crippen molar-refractivity contribution in [2.75, 3.05) is 17.2 Å². The fraction of sp³-hybridized carbons (Fsp3) is 0.333. The second-order valence-corrected chi connectivity index (χ2v) is 6.14. The number of halogens is 7. The van der Waals surface area contributed by atoms with Crippen LogP contribution in [0.5, 0.6) is 5.75 Å². The molecule has 0 spiro atoms. The summed E-state index contributed by atoms with van der Waals surface area (Å²) < 4.78 is 93.1. The second-order valence-electron chi connectivity index (χ2n) is 6.14. The van der Waals surface area contributed by atoms with E-state index in [-0.39, 0.29) is 23.5 Å². The molecule has 29 heavy (non-hydrogen) atoms. The zero-order chi connectivity index (χ0) is 21.8. The monoisotopic (exact) mass is 426 g/mol. The van der Waals surface area contributed by atoms with Crippen LogP contribution in [0.2, 0.25) is 0 Å². The molecule has 0 aliphatic rings. The lowest BCUT2D eigenvalue weighted by molar-refractivity contribution is -0.253. The summed E-state index contributed by atoms with van der Waals surface area (Å²) in [6, 6.07) is 10.4. The van der Waals surface area contributed by atoms with Crippen LogP contribution >= 0.6 is 0 Å². The van der Waals surface area contributed by atoms with Gasteiger partial charge in [-0.2, -0.15) is 30.7 Å². The van der Waals surface area contributed by atoms with Crippen molar-refractivity contribution < 1.29 is 40.6 Å². The number of aliphatic hydroxyl groups is 1. The predicted octanol–water partition coefficient (Wildman–Crippen LogP) is 4.44. The minimum absolute atomic E-state index is 0.185. The van der Waals surface area contributed by atoms with Crippen LogP contribution in [0.3, 0.4) is 0 Å². The van der Waals surface area contributed by atoms with Crippen molar-refractivity contribution >= 4 is 11.4 Å². The Morgan fingerprint density at radius 1 is 1.00 bits per heavy atom. The van der Waals surface area contributed by atoms with Gasteiger partial charge in [0.1, 0.15) is 5.75 Å². The third-order valence-corrected chi connectivity index (χ3v) is 3.79. The summed E-state index contributed by atoms with van der Waals surface area (Å²) in [7, 11) is 0. The van der Waals surface area contributed by atoms with Gasteiger partial charge in [0.2, 0.25) is 0 Å². The van der Waals surface area contributed by atoms with E-state index in [1.807, 2.05) is 0 Å². The summed E-state index contributed by atoms with van der Waals surface area (Å²) in [5.74, 6) is -0.586. The lowest BCUT2D eigenvalue weighted by Crippen LogP contribution is -2.41. The quantitative estimate of drug-likeness (QED) is 0.484. The van der Waals surface area contributed by atoms with E-state index in [0.717, 1.165) is 17.0 Å². The highest BCUT2D eigenvalue weighted by Gasteiger charge is 2.44. The number of anilines is 2. The van der Waals surface area contributed by atoms with E-state index in [1.54, 1.807) is 0 Å². The van der Waals surface area contributed by atoms with E-state index in [4.69, 9.17) is 5.73 Å². The number of rotatable bonds is 8. The summed E-state index contributed by atoms with van der Waals surface area (Å²) in [6.07, 6.45) is -16.4. The minimum atomic E-state index is -4.89. The fourth-order valence-corrected chi connectivity index (χ4v) is 2.42. The number of hydrogen-bond acceptors (Lipinski definition) is 4. The van der Waals surface area contributed by atoms with Crippen molar-refractivity contribution in [3.05, 3.63) is 54.1 Å². The van der Waals surface area contributed by atoms with Gasteiger partial charge in [0, 0.05) is 17.9 Å². The first kappa shape index (κ1) is 22.6. The molecule has 0 fully saturated rings. The molecule has 0 radical (unpaired) electrons. The lowest BCUT2D eigenvalue weighted by Gasteiger charge is -2.29. The molecule has 0 aromatic heterocycles. The number of nitrogens with two attached hydrogens (primary N) is 1. The third-order valence-electron chi connectivity index (χ3n) is 3.79. The highest BCUT2D eigenvalue weighted by Crippen LogP contribution is 2.29. The minimum Gasteiger partial charge on any atom is -0.428 e. The van der Waals surface area contributed by atoms with E-state index in [1.165, 1.54) is 36.4 Å². The number of alkyl halides is 7. The van der Waals surface area contributed by atoms with Crippen molar-refractivity contribution in [1.82, 2.24) is 0 Å². The molecule has 1 atom stereocenters. The smallest absolute Gasteiger partial charge is 0.428 e. The van der Waals surface area contributed by atoms with Gasteiger partial charge in [-0.3, -0.25) is 0 Å². The van der Waals surface area contributed by atoms with Crippen LogP contribution in [-0.4, -0.2) is 36.5 Å². The fourth-order valence-electron chi connectivity index (χ4n) is 2.42. The topological polar surface area (TPSA) is 58.7 Å². The number of hydrogen-bond donors (Lipinski definition) is 2. The van der Waals surface area contributed by atoms with Crippen molar-refractivity contribution in [3.63, 3.8) is 0 Å². The van der Waals surface area contributed by atoms with Gasteiger partial charge in [-0.1, -0.05) is 18.2 Å². The molecule has 1 unspecified atom stereocenters. The number of aliphatic hydroxyl groups excluding tert-OH is 1. The van der Waals surface area contributed by atoms with Crippen molar-refractivity contribution in [2.24, 2.45) is 0 Å². The van der Waals surface area contributed by atoms with Gasteiger partial charge < -0.3 is 20.5 Å². The average Bonchev–Trinajstić information content (AvgIpc) is 2.60. The Balaban J connectivity index is 2.28.